The molecule has 2 aliphatic heterocycles. The lowest BCUT2D eigenvalue weighted by molar-refractivity contribution is -0.148. The minimum atomic E-state index is -3.72. The summed E-state index contributed by atoms with van der Waals surface area (Å²) in [5, 5.41) is 3.75. The Kier molecular flexibility index (Phi) is 5.41. The number of ether oxygens (including phenoxy) is 1. The standard InChI is InChI=1S/C17H27N3O5S/c1-11-10-24-12(2)8-20(11)17(21)15-6-5-7-19(9-15)26(22,23)16-13(3)18-25-14(16)4/h11-12,15H,5-10H2,1-4H3. The number of aromatic nitrogens is 1. The lowest BCUT2D eigenvalue weighted by atomic mass is 9.97. The van der Waals surface area contributed by atoms with Gasteiger partial charge in [0.05, 0.1) is 24.7 Å². The number of piperidine rings is 1. The summed E-state index contributed by atoms with van der Waals surface area (Å²) in [7, 11) is -3.72. The van der Waals surface area contributed by atoms with Gasteiger partial charge in [-0.05, 0) is 40.5 Å². The molecule has 2 saturated heterocycles. The minimum absolute atomic E-state index is 0.000815. The second kappa shape index (κ2) is 7.28. The van der Waals surface area contributed by atoms with E-state index in [1.54, 1.807) is 13.8 Å². The van der Waals surface area contributed by atoms with Crippen molar-refractivity contribution in [3.8, 4) is 0 Å². The summed E-state index contributed by atoms with van der Waals surface area (Å²) in [5.74, 6) is -0.0235. The first kappa shape index (κ1) is 19.3. The van der Waals surface area contributed by atoms with Crippen LogP contribution in [-0.4, -0.2) is 67.1 Å². The van der Waals surface area contributed by atoms with Gasteiger partial charge in [0.1, 0.15) is 10.6 Å². The van der Waals surface area contributed by atoms with Crippen molar-refractivity contribution in [2.45, 2.75) is 57.6 Å². The molecule has 146 valence electrons. The van der Waals surface area contributed by atoms with E-state index in [0.717, 1.165) is 0 Å². The second-order valence-electron chi connectivity index (χ2n) is 7.34. The smallest absolute Gasteiger partial charge is 0.248 e. The molecule has 3 rings (SSSR count). The van der Waals surface area contributed by atoms with Gasteiger partial charge in [-0.3, -0.25) is 4.79 Å². The number of nitrogens with zero attached hydrogens (tertiary/aromatic N) is 3. The molecule has 1 aromatic heterocycles. The first-order valence-electron chi connectivity index (χ1n) is 9.07. The highest BCUT2D eigenvalue weighted by molar-refractivity contribution is 7.89. The maximum Gasteiger partial charge on any atom is 0.248 e. The number of amides is 1. The molecule has 0 aromatic carbocycles. The summed E-state index contributed by atoms with van der Waals surface area (Å²) >= 11 is 0. The van der Waals surface area contributed by atoms with Crippen LogP contribution in [0.2, 0.25) is 0 Å². The van der Waals surface area contributed by atoms with Gasteiger partial charge in [0, 0.05) is 19.6 Å². The highest BCUT2D eigenvalue weighted by Crippen LogP contribution is 2.29. The monoisotopic (exact) mass is 385 g/mol. The number of carbonyl (C=O) groups excluding carboxylic acids is 1. The first-order valence-corrected chi connectivity index (χ1v) is 10.5. The van der Waals surface area contributed by atoms with Crippen LogP contribution in [0.4, 0.5) is 0 Å². The van der Waals surface area contributed by atoms with Gasteiger partial charge >= 0.3 is 0 Å². The molecule has 0 radical (unpaired) electrons. The zero-order valence-electron chi connectivity index (χ0n) is 15.8. The van der Waals surface area contributed by atoms with Gasteiger partial charge in [-0.25, -0.2) is 8.42 Å². The van der Waals surface area contributed by atoms with Crippen molar-refractivity contribution >= 4 is 15.9 Å². The molecule has 0 bridgehead atoms. The Bertz CT molecular complexity index is 756. The first-order chi connectivity index (χ1) is 12.2. The van der Waals surface area contributed by atoms with Crippen molar-refractivity contribution in [2.75, 3.05) is 26.2 Å². The second-order valence-corrected chi connectivity index (χ2v) is 9.21. The SMILES string of the molecule is Cc1noc(C)c1S(=O)(=O)N1CCCC(C(=O)N2CC(C)OCC2C)C1. The fourth-order valence-electron chi connectivity index (χ4n) is 3.78. The fourth-order valence-corrected chi connectivity index (χ4v) is 5.59. The molecular formula is C17H27N3O5S. The van der Waals surface area contributed by atoms with Crippen molar-refractivity contribution in [2.24, 2.45) is 5.92 Å². The van der Waals surface area contributed by atoms with Crippen LogP contribution in [0.3, 0.4) is 0 Å². The van der Waals surface area contributed by atoms with Gasteiger partial charge in [-0.2, -0.15) is 4.31 Å². The summed E-state index contributed by atoms with van der Waals surface area (Å²) in [6, 6.07) is 0.00764. The molecule has 0 saturated carbocycles. The summed E-state index contributed by atoms with van der Waals surface area (Å²) < 4.78 is 38.1. The summed E-state index contributed by atoms with van der Waals surface area (Å²) in [4.78, 5) is 15.0. The topological polar surface area (TPSA) is 93.0 Å². The third-order valence-corrected chi connectivity index (χ3v) is 7.30. The average molecular weight is 385 g/mol. The molecule has 3 atom stereocenters. The minimum Gasteiger partial charge on any atom is -0.375 e. The number of hydrogen-bond donors (Lipinski definition) is 0. The van der Waals surface area contributed by atoms with Gasteiger partial charge in [0.15, 0.2) is 5.76 Å². The number of carbonyl (C=O) groups is 1. The maximum absolute atomic E-state index is 13.0. The van der Waals surface area contributed by atoms with Crippen LogP contribution in [0.25, 0.3) is 0 Å². The van der Waals surface area contributed by atoms with Gasteiger partial charge in [0.25, 0.3) is 0 Å². The summed E-state index contributed by atoms with van der Waals surface area (Å²) in [6.45, 7) is 8.79. The normalized spacial score (nSPS) is 28.3. The molecule has 9 heteroatoms. The number of aryl methyl sites for hydroxylation is 2. The maximum atomic E-state index is 13.0. The van der Waals surface area contributed by atoms with E-state index in [0.29, 0.717) is 38.2 Å². The van der Waals surface area contributed by atoms with Gasteiger partial charge in [-0.15, -0.1) is 0 Å². The van der Waals surface area contributed by atoms with E-state index in [9.17, 15) is 13.2 Å². The van der Waals surface area contributed by atoms with Gasteiger partial charge in [0.2, 0.25) is 15.9 Å². The summed E-state index contributed by atoms with van der Waals surface area (Å²) in [5.41, 5.74) is 0.353. The zero-order chi connectivity index (χ0) is 19.1. The van der Waals surface area contributed by atoms with Crippen LogP contribution in [0, 0.1) is 19.8 Å². The predicted octanol–water partition coefficient (Wildman–Crippen LogP) is 1.33. The molecule has 2 aliphatic rings. The van der Waals surface area contributed by atoms with E-state index in [1.807, 2.05) is 18.7 Å². The van der Waals surface area contributed by atoms with Crippen LogP contribution >= 0.6 is 0 Å². The Balaban J connectivity index is 1.78. The fraction of sp³-hybridized carbons (Fsp3) is 0.765. The molecule has 2 fully saturated rings. The highest BCUT2D eigenvalue weighted by Gasteiger charge is 2.39. The van der Waals surface area contributed by atoms with Crippen molar-refractivity contribution in [3.63, 3.8) is 0 Å². The Hall–Kier alpha value is -1.45. The van der Waals surface area contributed by atoms with Crippen molar-refractivity contribution in [1.29, 1.82) is 0 Å². The van der Waals surface area contributed by atoms with Crippen LogP contribution in [0.15, 0.2) is 9.42 Å². The number of sulfonamides is 1. The van der Waals surface area contributed by atoms with E-state index in [4.69, 9.17) is 9.26 Å². The number of rotatable bonds is 3. The molecule has 3 unspecified atom stereocenters. The molecule has 26 heavy (non-hydrogen) atoms. The van der Waals surface area contributed by atoms with E-state index < -0.39 is 10.0 Å². The molecule has 1 amide bonds. The van der Waals surface area contributed by atoms with Crippen molar-refractivity contribution < 1.29 is 22.5 Å². The molecule has 0 aliphatic carbocycles. The lowest BCUT2D eigenvalue weighted by Crippen LogP contribution is -2.54. The van der Waals surface area contributed by atoms with E-state index >= 15 is 0 Å². The molecule has 1 aromatic rings. The Morgan fingerprint density at radius 3 is 2.62 bits per heavy atom. The Morgan fingerprint density at radius 1 is 1.23 bits per heavy atom. The largest absolute Gasteiger partial charge is 0.375 e. The Labute approximate surface area is 154 Å². The van der Waals surface area contributed by atoms with Gasteiger partial charge < -0.3 is 14.2 Å². The molecule has 0 N–H and O–H groups in total. The van der Waals surface area contributed by atoms with E-state index in [1.165, 1.54) is 4.31 Å². The van der Waals surface area contributed by atoms with Crippen molar-refractivity contribution in [1.82, 2.24) is 14.4 Å². The average Bonchev–Trinajstić information content (AvgIpc) is 2.95. The Morgan fingerprint density at radius 2 is 1.96 bits per heavy atom. The predicted molar refractivity (Wildman–Crippen MR) is 94.0 cm³/mol. The number of hydrogen-bond acceptors (Lipinski definition) is 6. The molecule has 8 nitrogen and oxygen atoms in total. The van der Waals surface area contributed by atoms with Gasteiger partial charge in [-0.1, -0.05) is 5.16 Å². The third-order valence-electron chi connectivity index (χ3n) is 5.19. The molecular weight excluding hydrogens is 358 g/mol. The van der Waals surface area contributed by atoms with Crippen LogP contribution in [0.5, 0.6) is 0 Å². The number of morpholine rings is 1. The van der Waals surface area contributed by atoms with Crippen LogP contribution in [-0.2, 0) is 19.6 Å². The highest BCUT2D eigenvalue weighted by atomic mass is 32.2. The third kappa shape index (κ3) is 3.52. The van der Waals surface area contributed by atoms with Crippen LogP contribution in [0.1, 0.15) is 38.1 Å². The zero-order valence-corrected chi connectivity index (χ0v) is 16.6. The molecule has 0 spiro atoms. The molecule has 3 heterocycles. The van der Waals surface area contributed by atoms with E-state index in [2.05, 4.69) is 5.16 Å². The quantitative estimate of drug-likeness (QED) is 0.779. The van der Waals surface area contributed by atoms with Crippen molar-refractivity contribution in [3.05, 3.63) is 11.5 Å². The lowest BCUT2D eigenvalue weighted by Gasteiger charge is -2.40. The van der Waals surface area contributed by atoms with E-state index in [-0.39, 0.29) is 41.2 Å². The summed E-state index contributed by atoms with van der Waals surface area (Å²) in [6.07, 6.45) is 1.36. The van der Waals surface area contributed by atoms with Crippen LogP contribution < -0.4 is 0 Å².